The number of aromatic amines is 1. The molecule has 0 bridgehead atoms. The molecule has 0 atom stereocenters. The van der Waals surface area contributed by atoms with Gasteiger partial charge in [-0.25, -0.2) is 0 Å². The van der Waals surface area contributed by atoms with Gasteiger partial charge in [0.25, 0.3) is 0 Å². The lowest BCUT2D eigenvalue weighted by Crippen LogP contribution is -2.36. The van der Waals surface area contributed by atoms with E-state index in [4.69, 9.17) is 10.0 Å². The highest BCUT2D eigenvalue weighted by Crippen LogP contribution is 1.83. The molecule has 0 saturated carbocycles. The summed E-state index contributed by atoms with van der Waals surface area (Å²) in [6.45, 7) is 1.54. The van der Waals surface area contributed by atoms with E-state index in [0.717, 1.165) is 0 Å². The number of aromatic nitrogens is 1. The van der Waals surface area contributed by atoms with Crippen LogP contribution in [0.4, 0.5) is 0 Å². The molecule has 1 rings (SSSR count). The third-order valence-electron chi connectivity index (χ3n) is 1.53. The maximum atomic E-state index is 10.9. The van der Waals surface area contributed by atoms with Crippen molar-refractivity contribution in [3.63, 3.8) is 0 Å². The van der Waals surface area contributed by atoms with Gasteiger partial charge in [-0.15, -0.1) is 0 Å². The van der Waals surface area contributed by atoms with Crippen molar-refractivity contribution in [2.24, 2.45) is 0 Å². The van der Waals surface area contributed by atoms with E-state index in [9.17, 15) is 4.79 Å². The van der Waals surface area contributed by atoms with Crippen LogP contribution < -0.4 is 11.0 Å². The first-order valence-corrected chi connectivity index (χ1v) is 3.17. The fraction of sp³-hybridized carbons (Fsp3) is 0.167. The minimum atomic E-state index is -1.57. The summed E-state index contributed by atoms with van der Waals surface area (Å²) in [6.07, 6.45) is 1.38. The van der Waals surface area contributed by atoms with Gasteiger partial charge in [0.15, 0.2) is 0 Å². The number of rotatable bonds is 1. The topological polar surface area (TPSA) is 73.3 Å². The fourth-order valence-corrected chi connectivity index (χ4v) is 0.851. The van der Waals surface area contributed by atoms with Crippen LogP contribution in [0.2, 0.25) is 0 Å². The second kappa shape index (κ2) is 2.90. The first kappa shape index (κ1) is 8.04. The SMILES string of the molecule is Cc1c(B(O)O)cc[nH]c1=O. The molecular formula is C6H8BNO3. The van der Waals surface area contributed by atoms with E-state index in [2.05, 4.69) is 4.98 Å². The predicted molar refractivity (Wildman–Crippen MR) is 41.6 cm³/mol. The number of H-pyrrole nitrogens is 1. The number of hydrogen-bond donors (Lipinski definition) is 3. The molecule has 5 heteroatoms. The van der Waals surface area contributed by atoms with E-state index >= 15 is 0 Å². The molecule has 0 saturated heterocycles. The lowest BCUT2D eigenvalue weighted by Gasteiger charge is -2.00. The zero-order chi connectivity index (χ0) is 8.43. The van der Waals surface area contributed by atoms with E-state index < -0.39 is 7.12 Å². The Kier molecular flexibility index (Phi) is 2.12. The summed E-state index contributed by atoms with van der Waals surface area (Å²) in [4.78, 5) is 13.3. The molecule has 58 valence electrons. The normalized spacial score (nSPS) is 9.73. The molecule has 4 nitrogen and oxygen atoms in total. The summed E-state index contributed by atoms with van der Waals surface area (Å²) in [5, 5.41) is 17.5. The Morgan fingerprint density at radius 3 is 2.64 bits per heavy atom. The molecule has 0 aliphatic heterocycles. The average Bonchev–Trinajstić information content (AvgIpc) is 1.94. The van der Waals surface area contributed by atoms with E-state index in [1.54, 1.807) is 0 Å². The van der Waals surface area contributed by atoms with Gasteiger partial charge in [-0.3, -0.25) is 4.79 Å². The van der Waals surface area contributed by atoms with Gasteiger partial charge in [-0.05, 0) is 18.5 Å². The molecule has 0 radical (unpaired) electrons. The van der Waals surface area contributed by atoms with Crippen LogP contribution in [0.15, 0.2) is 17.1 Å². The van der Waals surface area contributed by atoms with E-state index in [1.165, 1.54) is 19.2 Å². The second-order valence-electron chi connectivity index (χ2n) is 2.26. The molecule has 1 aromatic rings. The van der Waals surface area contributed by atoms with Gasteiger partial charge in [0, 0.05) is 11.8 Å². The van der Waals surface area contributed by atoms with Crippen LogP contribution in [0.5, 0.6) is 0 Å². The monoisotopic (exact) mass is 153 g/mol. The summed E-state index contributed by atoms with van der Waals surface area (Å²) in [7, 11) is -1.57. The third-order valence-corrected chi connectivity index (χ3v) is 1.53. The van der Waals surface area contributed by atoms with Crippen LogP contribution in [0.25, 0.3) is 0 Å². The summed E-state index contributed by atoms with van der Waals surface area (Å²) >= 11 is 0. The Labute approximate surface area is 63.7 Å². The third kappa shape index (κ3) is 1.50. The molecule has 3 N–H and O–H groups in total. The predicted octanol–water partition coefficient (Wildman–Crippen LogP) is -1.64. The van der Waals surface area contributed by atoms with Gasteiger partial charge in [0.2, 0.25) is 5.56 Å². The molecule has 0 unspecified atom stereocenters. The van der Waals surface area contributed by atoms with Gasteiger partial charge < -0.3 is 15.0 Å². The molecule has 0 aliphatic rings. The molecule has 1 heterocycles. The summed E-state index contributed by atoms with van der Waals surface area (Å²) in [5.74, 6) is 0. The van der Waals surface area contributed by atoms with Crippen molar-refractivity contribution in [2.45, 2.75) is 6.92 Å². The van der Waals surface area contributed by atoms with Crippen LogP contribution in [0.3, 0.4) is 0 Å². The summed E-state index contributed by atoms with van der Waals surface area (Å²) in [6, 6.07) is 1.46. The molecule has 11 heavy (non-hydrogen) atoms. The highest BCUT2D eigenvalue weighted by Gasteiger charge is 2.14. The van der Waals surface area contributed by atoms with Gasteiger partial charge in [0.05, 0.1) is 0 Å². The Balaban J connectivity index is 3.28. The standard InChI is InChI=1S/C6H8BNO3/c1-4-5(7(10)11)2-3-8-6(4)9/h2-3,10-11H,1H3,(H,8,9). The van der Waals surface area contributed by atoms with Gasteiger partial charge >= 0.3 is 7.12 Å². The van der Waals surface area contributed by atoms with Crippen molar-refractivity contribution in [3.8, 4) is 0 Å². The van der Waals surface area contributed by atoms with Crippen LogP contribution in [-0.4, -0.2) is 22.2 Å². The number of nitrogens with one attached hydrogen (secondary N) is 1. The lowest BCUT2D eigenvalue weighted by atomic mass is 9.78. The lowest BCUT2D eigenvalue weighted by molar-refractivity contribution is 0.425. The first-order chi connectivity index (χ1) is 5.13. The number of pyridine rings is 1. The van der Waals surface area contributed by atoms with Gasteiger partial charge in [0.1, 0.15) is 0 Å². The minimum Gasteiger partial charge on any atom is -0.423 e. The fourth-order valence-electron chi connectivity index (χ4n) is 0.851. The van der Waals surface area contributed by atoms with Crippen molar-refractivity contribution in [3.05, 3.63) is 28.2 Å². The largest absolute Gasteiger partial charge is 0.488 e. The highest BCUT2D eigenvalue weighted by atomic mass is 16.4. The van der Waals surface area contributed by atoms with Crippen molar-refractivity contribution in [2.75, 3.05) is 0 Å². The van der Waals surface area contributed by atoms with Gasteiger partial charge in [-0.2, -0.15) is 0 Å². The van der Waals surface area contributed by atoms with E-state index in [1.807, 2.05) is 0 Å². The molecule has 1 aromatic heterocycles. The smallest absolute Gasteiger partial charge is 0.423 e. The molecule has 0 amide bonds. The zero-order valence-electron chi connectivity index (χ0n) is 6.03. The summed E-state index contributed by atoms with van der Waals surface area (Å²) in [5.41, 5.74) is 0.284. The maximum Gasteiger partial charge on any atom is 0.488 e. The van der Waals surface area contributed by atoms with Crippen LogP contribution in [0, 0.1) is 6.92 Å². The maximum absolute atomic E-state index is 10.9. The average molecular weight is 153 g/mol. The van der Waals surface area contributed by atoms with E-state index in [-0.39, 0.29) is 11.0 Å². The zero-order valence-corrected chi connectivity index (χ0v) is 6.03. The Bertz CT molecular complexity index is 307. The quantitative estimate of drug-likeness (QED) is 0.423. The van der Waals surface area contributed by atoms with Crippen LogP contribution in [0.1, 0.15) is 5.56 Å². The van der Waals surface area contributed by atoms with Gasteiger partial charge in [-0.1, -0.05) is 0 Å². The Morgan fingerprint density at radius 2 is 2.18 bits per heavy atom. The molecule has 0 aliphatic carbocycles. The Morgan fingerprint density at radius 1 is 1.55 bits per heavy atom. The van der Waals surface area contributed by atoms with Crippen molar-refractivity contribution < 1.29 is 10.0 Å². The van der Waals surface area contributed by atoms with Crippen LogP contribution >= 0.6 is 0 Å². The molecule has 0 spiro atoms. The van der Waals surface area contributed by atoms with E-state index in [0.29, 0.717) is 5.56 Å². The highest BCUT2D eigenvalue weighted by molar-refractivity contribution is 6.59. The minimum absolute atomic E-state index is 0.244. The second-order valence-corrected chi connectivity index (χ2v) is 2.26. The van der Waals surface area contributed by atoms with Crippen molar-refractivity contribution >= 4 is 12.6 Å². The van der Waals surface area contributed by atoms with Crippen molar-refractivity contribution in [1.29, 1.82) is 0 Å². The Hall–Kier alpha value is -1.07. The van der Waals surface area contributed by atoms with Crippen molar-refractivity contribution in [1.82, 2.24) is 4.98 Å². The van der Waals surface area contributed by atoms with Crippen LogP contribution in [-0.2, 0) is 0 Å². The number of hydrogen-bond acceptors (Lipinski definition) is 3. The molecule has 0 fully saturated rings. The summed E-state index contributed by atoms with van der Waals surface area (Å²) < 4.78 is 0. The molecule has 0 aromatic carbocycles. The first-order valence-electron chi connectivity index (χ1n) is 3.17. The molecular weight excluding hydrogens is 145 g/mol.